The zero-order valence-electron chi connectivity index (χ0n) is 16.3. The second-order valence-electron chi connectivity index (χ2n) is 5.97. The van der Waals surface area contributed by atoms with Crippen LogP contribution in [0.1, 0.15) is 17.5 Å². The third-order valence-electron chi connectivity index (χ3n) is 3.84. The molecule has 29 heavy (non-hydrogen) atoms. The summed E-state index contributed by atoms with van der Waals surface area (Å²) in [5, 5.41) is 16.5. The van der Waals surface area contributed by atoms with Crippen LogP contribution in [0.5, 0.6) is 17.2 Å². The Hall–Kier alpha value is -3.81. The molecule has 0 aliphatic carbocycles. The molecule has 152 valence electrons. The van der Waals surface area contributed by atoms with Crippen molar-refractivity contribution >= 4 is 23.7 Å². The number of phenolic OH excluding ortho intramolecular Hbond substituents is 1. The third kappa shape index (κ3) is 6.39. The fourth-order valence-electron chi connectivity index (χ4n) is 2.50. The maximum absolute atomic E-state index is 12.0. The minimum absolute atomic E-state index is 0.0304. The van der Waals surface area contributed by atoms with Gasteiger partial charge in [0, 0.05) is 17.3 Å². The first-order chi connectivity index (χ1) is 14.0. The molecular weight excluding hydrogens is 374 g/mol. The number of amides is 2. The monoisotopic (exact) mass is 397 g/mol. The van der Waals surface area contributed by atoms with Gasteiger partial charge in [0.1, 0.15) is 12.2 Å². The molecule has 0 heterocycles. The van der Waals surface area contributed by atoms with Crippen molar-refractivity contribution in [2.75, 3.05) is 19.5 Å². The summed E-state index contributed by atoms with van der Waals surface area (Å²) in [4.78, 5) is 23.9. The van der Waals surface area contributed by atoms with Gasteiger partial charge in [0.15, 0.2) is 11.5 Å². The van der Waals surface area contributed by atoms with Crippen LogP contribution in [0, 0.1) is 0 Å². The van der Waals surface area contributed by atoms with Crippen molar-refractivity contribution in [2.45, 2.75) is 12.8 Å². The molecule has 0 radical (unpaired) electrons. The lowest BCUT2D eigenvalue weighted by atomic mass is 10.1. The molecule has 0 aliphatic rings. The van der Waals surface area contributed by atoms with Crippen LogP contribution in [0.4, 0.5) is 5.69 Å². The van der Waals surface area contributed by atoms with Crippen molar-refractivity contribution in [1.29, 1.82) is 0 Å². The molecule has 0 aromatic heterocycles. The molecule has 2 amide bonds. The second kappa shape index (κ2) is 10.5. The van der Waals surface area contributed by atoms with Crippen molar-refractivity contribution in [3.63, 3.8) is 0 Å². The molecule has 2 aromatic carbocycles. The van der Waals surface area contributed by atoms with Crippen LogP contribution in [-0.4, -0.2) is 37.4 Å². The van der Waals surface area contributed by atoms with E-state index in [1.807, 2.05) is 0 Å². The lowest BCUT2D eigenvalue weighted by Gasteiger charge is -2.09. The van der Waals surface area contributed by atoms with Crippen molar-refractivity contribution in [3.05, 3.63) is 60.2 Å². The molecule has 0 bridgehead atoms. The van der Waals surface area contributed by atoms with E-state index in [4.69, 9.17) is 9.47 Å². The highest BCUT2D eigenvalue weighted by atomic mass is 16.5. The Morgan fingerprint density at radius 2 is 1.97 bits per heavy atom. The Balaban J connectivity index is 1.94. The normalized spacial score (nSPS) is 10.4. The Kier molecular flexibility index (Phi) is 7.78. The van der Waals surface area contributed by atoms with Crippen molar-refractivity contribution in [3.8, 4) is 17.2 Å². The van der Waals surface area contributed by atoms with E-state index in [2.05, 4.69) is 22.4 Å². The number of nitrogens with zero attached hydrogens (tertiary/aromatic N) is 1. The molecule has 2 aromatic rings. The lowest BCUT2D eigenvalue weighted by molar-refractivity contribution is -0.126. The predicted octanol–water partition coefficient (Wildman–Crippen LogP) is 2.62. The summed E-state index contributed by atoms with van der Waals surface area (Å²) in [6, 6.07) is 10.1. The summed E-state index contributed by atoms with van der Waals surface area (Å²) in [5.41, 5.74) is 4.04. The van der Waals surface area contributed by atoms with E-state index >= 15 is 0 Å². The minimum atomic E-state index is -0.571. The molecule has 0 aliphatic heterocycles. The number of carbonyl (C=O) groups excluding carboxylic acids is 2. The van der Waals surface area contributed by atoms with E-state index in [9.17, 15) is 14.7 Å². The van der Waals surface area contributed by atoms with Crippen molar-refractivity contribution in [2.24, 2.45) is 5.10 Å². The first-order valence-electron chi connectivity index (χ1n) is 8.73. The van der Waals surface area contributed by atoms with Crippen LogP contribution in [-0.2, 0) is 16.0 Å². The van der Waals surface area contributed by atoms with Crippen LogP contribution in [0.15, 0.2) is 54.2 Å². The average Bonchev–Trinajstić information content (AvgIpc) is 2.70. The highest BCUT2D eigenvalue weighted by Crippen LogP contribution is 2.31. The number of aromatic hydroxyl groups is 1. The number of ether oxygens (including phenoxy) is 2. The zero-order valence-corrected chi connectivity index (χ0v) is 16.3. The van der Waals surface area contributed by atoms with Gasteiger partial charge in [0.05, 0.1) is 20.4 Å². The molecule has 2 rings (SSSR count). The van der Waals surface area contributed by atoms with Gasteiger partial charge in [-0.25, -0.2) is 5.43 Å². The molecule has 0 spiro atoms. The van der Waals surface area contributed by atoms with Gasteiger partial charge in [-0.15, -0.1) is 6.58 Å². The van der Waals surface area contributed by atoms with Gasteiger partial charge in [-0.3, -0.25) is 9.59 Å². The van der Waals surface area contributed by atoms with Gasteiger partial charge in [0.2, 0.25) is 11.8 Å². The van der Waals surface area contributed by atoms with Gasteiger partial charge in [0.25, 0.3) is 0 Å². The van der Waals surface area contributed by atoms with E-state index in [0.717, 1.165) is 0 Å². The molecule has 3 N–H and O–H groups in total. The number of rotatable bonds is 9. The highest BCUT2D eigenvalue weighted by Gasteiger charge is 2.11. The molecule has 0 unspecified atom stereocenters. The fourth-order valence-corrected chi connectivity index (χ4v) is 2.50. The van der Waals surface area contributed by atoms with E-state index in [1.54, 1.807) is 42.5 Å². The number of nitrogens with one attached hydrogen (secondary N) is 2. The molecule has 0 saturated carbocycles. The van der Waals surface area contributed by atoms with Crippen LogP contribution in [0.25, 0.3) is 0 Å². The van der Waals surface area contributed by atoms with Crippen molar-refractivity contribution < 1.29 is 24.2 Å². The number of hydrogen-bond donors (Lipinski definition) is 3. The number of carbonyl (C=O) groups is 2. The first kappa shape index (κ1) is 21.5. The van der Waals surface area contributed by atoms with Crippen LogP contribution in [0.3, 0.4) is 0 Å². The summed E-state index contributed by atoms with van der Waals surface area (Å²) in [5.74, 6) is -0.140. The molecular formula is C21H23N3O5. The highest BCUT2D eigenvalue weighted by molar-refractivity contribution is 6.03. The first-order valence-corrected chi connectivity index (χ1v) is 8.73. The third-order valence-corrected chi connectivity index (χ3v) is 3.84. The number of allylic oxidation sites excluding steroid dienone is 1. The fraction of sp³-hybridized carbons (Fsp3) is 0.190. The number of hydrazone groups is 1. The van der Waals surface area contributed by atoms with Gasteiger partial charge in [-0.05, 0) is 36.2 Å². The van der Waals surface area contributed by atoms with Crippen LogP contribution >= 0.6 is 0 Å². The smallest absolute Gasteiger partial charge is 0.249 e. The van der Waals surface area contributed by atoms with Crippen LogP contribution in [0.2, 0.25) is 0 Å². The standard InChI is InChI=1S/C21H23N3O5/c1-4-6-15-9-14(10-18(29-3)21(15)27)13-22-24-20(26)12-19(25)23-16-7-5-8-17(11-16)28-2/h4-5,7-11,13,27H,1,6,12H2,2-3H3,(H,23,25)(H,24,26). The zero-order chi connectivity index (χ0) is 21.2. The Bertz CT molecular complexity index is 925. The number of methoxy groups -OCH3 is 2. The Morgan fingerprint density at radius 1 is 1.17 bits per heavy atom. The number of hydrogen-bond acceptors (Lipinski definition) is 6. The second-order valence-corrected chi connectivity index (χ2v) is 5.97. The van der Waals surface area contributed by atoms with E-state index in [1.165, 1.54) is 20.4 Å². The number of anilines is 1. The largest absolute Gasteiger partial charge is 0.504 e. The van der Waals surface area contributed by atoms with E-state index in [-0.39, 0.29) is 11.5 Å². The summed E-state index contributed by atoms with van der Waals surface area (Å²) in [6.45, 7) is 3.65. The number of benzene rings is 2. The average molecular weight is 397 g/mol. The molecule has 0 saturated heterocycles. The van der Waals surface area contributed by atoms with Gasteiger partial charge >= 0.3 is 0 Å². The summed E-state index contributed by atoms with van der Waals surface area (Å²) in [6.07, 6.45) is 3.10. The van der Waals surface area contributed by atoms with E-state index in [0.29, 0.717) is 29.0 Å². The Morgan fingerprint density at radius 3 is 2.66 bits per heavy atom. The predicted molar refractivity (Wildman–Crippen MR) is 111 cm³/mol. The summed E-state index contributed by atoms with van der Waals surface area (Å²) < 4.78 is 10.2. The lowest BCUT2D eigenvalue weighted by Crippen LogP contribution is -2.24. The number of phenols is 1. The molecule has 8 heteroatoms. The summed E-state index contributed by atoms with van der Waals surface area (Å²) >= 11 is 0. The molecule has 0 fully saturated rings. The van der Waals surface area contributed by atoms with Crippen molar-refractivity contribution in [1.82, 2.24) is 5.43 Å². The quantitative estimate of drug-likeness (QED) is 0.261. The maximum Gasteiger partial charge on any atom is 0.249 e. The Labute approximate surface area is 168 Å². The van der Waals surface area contributed by atoms with Gasteiger partial charge < -0.3 is 19.9 Å². The van der Waals surface area contributed by atoms with Crippen LogP contribution < -0.4 is 20.2 Å². The van der Waals surface area contributed by atoms with E-state index < -0.39 is 18.2 Å². The van der Waals surface area contributed by atoms with Gasteiger partial charge in [-0.1, -0.05) is 12.1 Å². The summed E-state index contributed by atoms with van der Waals surface area (Å²) in [7, 11) is 2.97. The maximum atomic E-state index is 12.0. The topological polar surface area (TPSA) is 109 Å². The molecule has 8 nitrogen and oxygen atoms in total. The minimum Gasteiger partial charge on any atom is -0.504 e. The SMILES string of the molecule is C=CCc1cc(C=NNC(=O)CC(=O)Nc2cccc(OC)c2)cc(OC)c1O. The van der Waals surface area contributed by atoms with Gasteiger partial charge in [-0.2, -0.15) is 5.10 Å². The molecule has 0 atom stereocenters.